The van der Waals surface area contributed by atoms with Crippen molar-refractivity contribution in [3.63, 3.8) is 0 Å². The van der Waals surface area contributed by atoms with Gasteiger partial charge in [0.1, 0.15) is 16.7 Å². The lowest BCUT2D eigenvalue weighted by molar-refractivity contribution is 0.392. The smallest absolute Gasteiger partial charge is 0.138 e. The summed E-state index contributed by atoms with van der Waals surface area (Å²) in [7, 11) is 0. The van der Waals surface area contributed by atoms with Gasteiger partial charge in [0.25, 0.3) is 0 Å². The molecule has 0 amide bonds. The van der Waals surface area contributed by atoms with Crippen LogP contribution in [0.2, 0.25) is 5.15 Å². The molecule has 4 nitrogen and oxygen atoms in total. The minimum Gasteiger partial charge on any atom is -0.366 e. The molecule has 84 valence electrons. The third kappa shape index (κ3) is 2.33. The van der Waals surface area contributed by atoms with Crippen LogP contribution >= 0.6 is 11.6 Å². The van der Waals surface area contributed by atoms with Gasteiger partial charge in [0, 0.05) is 12.1 Å². The lowest BCUT2D eigenvalue weighted by Crippen LogP contribution is -2.02. The molecule has 0 spiro atoms. The van der Waals surface area contributed by atoms with Gasteiger partial charge in [-0.15, -0.1) is 0 Å². The number of nitrogens with zero attached hydrogens (tertiary/aromatic N) is 2. The van der Waals surface area contributed by atoms with E-state index < -0.39 is 0 Å². The Bertz CT molecular complexity index is 476. The van der Waals surface area contributed by atoms with Crippen molar-refractivity contribution in [1.29, 1.82) is 0 Å². The molecule has 0 saturated carbocycles. The quantitative estimate of drug-likeness (QED) is 0.834. The van der Waals surface area contributed by atoms with E-state index in [1.54, 1.807) is 6.07 Å². The highest BCUT2D eigenvalue weighted by Gasteiger charge is 2.08. The van der Waals surface area contributed by atoms with Gasteiger partial charge < -0.3 is 9.84 Å². The Morgan fingerprint density at radius 3 is 2.81 bits per heavy atom. The van der Waals surface area contributed by atoms with Crippen LogP contribution in [0.1, 0.15) is 17.0 Å². The van der Waals surface area contributed by atoms with E-state index in [-0.39, 0.29) is 0 Å². The number of rotatable bonds is 3. The summed E-state index contributed by atoms with van der Waals surface area (Å²) in [5, 5.41) is 7.53. The van der Waals surface area contributed by atoms with E-state index in [1.165, 1.54) is 0 Å². The van der Waals surface area contributed by atoms with Crippen molar-refractivity contribution in [2.45, 2.75) is 20.4 Å². The lowest BCUT2D eigenvalue weighted by atomic mass is 10.2. The van der Waals surface area contributed by atoms with Crippen LogP contribution in [0.3, 0.4) is 0 Å². The van der Waals surface area contributed by atoms with Gasteiger partial charge in [-0.05, 0) is 26.0 Å². The summed E-state index contributed by atoms with van der Waals surface area (Å²) in [5.74, 6) is 1.57. The molecule has 2 aromatic rings. The number of nitrogens with one attached hydrogen (secondary N) is 1. The third-order valence-electron chi connectivity index (χ3n) is 2.34. The van der Waals surface area contributed by atoms with Crippen molar-refractivity contribution in [3.05, 3.63) is 40.4 Å². The van der Waals surface area contributed by atoms with Crippen LogP contribution in [0.25, 0.3) is 0 Å². The molecule has 2 heterocycles. The summed E-state index contributed by atoms with van der Waals surface area (Å²) in [6.45, 7) is 4.44. The Kier molecular flexibility index (Phi) is 3.10. The Morgan fingerprint density at radius 2 is 2.19 bits per heavy atom. The van der Waals surface area contributed by atoms with Gasteiger partial charge in [-0.3, -0.25) is 0 Å². The Hall–Kier alpha value is -1.55. The van der Waals surface area contributed by atoms with Crippen LogP contribution in [0.4, 0.5) is 5.82 Å². The average Bonchev–Trinajstić information content (AvgIpc) is 2.56. The second-order valence-electron chi connectivity index (χ2n) is 3.50. The molecule has 2 rings (SSSR count). The van der Waals surface area contributed by atoms with Gasteiger partial charge in [0.15, 0.2) is 0 Å². The first-order valence-corrected chi connectivity index (χ1v) is 5.33. The molecule has 5 heteroatoms. The second-order valence-corrected chi connectivity index (χ2v) is 3.89. The van der Waals surface area contributed by atoms with E-state index >= 15 is 0 Å². The highest BCUT2D eigenvalue weighted by molar-refractivity contribution is 6.29. The van der Waals surface area contributed by atoms with E-state index in [9.17, 15) is 0 Å². The molecule has 0 fully saturated rings. The Morgan fingerprint density at radius 1 is 1.38 bits per heavy atom. The Labute approximate surface area is 98.6 Å². The molecule has 1 N–H and O–H groups in total. The minimum absolute atomic E-state index is 0.476. The lowest BCUT2D eigenvalue weighted by Gasteiger charge is -2.04. The molecule has 0 unspecified atom stereocenters. The van der Waals surface area contributed by atoms with Crippen molar-refractivity contribution >= 4 is 17.4 Å². The highest BCUT2D eigenvalue weighted by Crippen LogP contribution is 2.15. The van der Waals surface area contributed by atoms with Crippen LogP contribution in [0.5, 0.6) is 0 Å². The predicted octanol–water partition coefficient (Wildman–Crippen LogP) is 2.95. The molecular weight excluding hydrogens is 226 g/mol. The van der Waals surface area contributed by atoms with Crippen molar-refractivity contribution in [3.8, 4) is 0 Å². The first kappa shape index (κ1) is 11.0. The first-order chi connectivity index (χ1) is 7.66. The van der Waals surface area contributed by atoms with Gasteiger partial charge in [-0.2, -0.15) is 0 Å². The van der Waals surface area contributed by atoms with Gasteiger partial charge in [-0.25, -0.2) is 4.98 Å². The SMILES string of the molecule is Cc1noc(C)c1CNc1cccc(Cl)n1. The van der Waals surface area contributed by atoms with E-state index in [4.69, 9.17) is 16.1 Å². The van der Waals surface area contributed by atoms with Crippen LogP contribution in [0.15, 0.2) is 22.7 Å². The summed E-state index contributed by atoms with van der Waals surface area (Å²) in [5.41, 5.74) is 1.95. The fourth-order valence-electron chi connectivity index (χ4n) is 1.44. The number of anilines is 1. The topological polar surface area (TPSA) is 51.0 Å². The molecule has 0 aliphatic heterocycles. The molecule has 2 aromatic heterocycles. The van der Waals surface area contributed by atoms with Crippen molar-refractivity contribution in [1.82, 2.24) is 10.1 Å². The van der Waals surface area contributed by atoms with Crippen molar-refractivity contribution < 1.29 is 4.52 Å². The molecule has 0 atom stereocenters. The minimum atomic E-state index is 0.476. The largest absolute Gasteiger partial charge is 0.366 e. The normalized spacial score (nSPS) is 10.4. The van der Waals surface area contributed by atoms with E-state index in [0.717, 1.165) is 22.8 Å². The summed E-state index contributed by atoms with van der Waals surface area (Å²) in [4.78, 5) is 4.14. The zero-order chi connectivity index (χ0) is 11.5. The number of halogens is 1. The molecule has 16 heavy (non-hydrogen) atoms. The van der Waals surface area contributed by atoms with Crippen molar-refractivity contribution in [2.75, 3.05) is 5.32 Å². The predicted molar refractivity (Wildman–Crippen MR) is 62.6 cm³/mol. The number of aryl methyl sites for hydroxylation is 2. The monoisotopic (exact) mass is 237 g/mol. The third-order valence-corrected chi connectivity index (χ3v) is 2.55. The summed E-state index contributed by atoms with van der Waals surface area (Å²) < 4.78 is 5.07. The summed E-state index contributed by atoms with van der Waals surface area (Å²) in [6.07, 6.45) is 0. The molecule has 0 aliphatic carbocycles. The van der Waals surface area contributed by atoms with Crippen LogP contribution in [-0.4, -0.2) is 10.1 Å². The zero-order valence-corrected chi connectivity index (χ0v) is 9.88. The van der Waals surface area contributed by atoms with Gasteiger partial charge in [-0.1, -0.05) is 22.8 Å². The zero-order valence-electron chi connectivity index (χ0n) is 9.12. The van der Waals surface area contributed by atoms with E-state index in [1.807, 2.05) is 26.0 Å². The van der Waals surface area contributed by atoms with Crippen LogP contribution in [0, 0.1) is 13.8 Å². The summed E-state index contributed by atoms with van der Waals surface area (Å²) in [6, 6.07) is 5.46. The van der Waals surface area contributed by atoms with Gasteiger partial charge >= 0.3 is 0 Å². The fourth-order valence-corrected chi connectivity index (χ4v) is 1.60. The molecule has 0 bridgehead atoms. The molecular formula is C11H12ClN3O. The first-order valence-electron chi connectivity index (χ1n) is 4.95. The molecule has 0 aromatic carbocycles. The maximum absolute atomic E-state index is 5.79. The van der Waals surface area contributed by atoms with Crippen LogP contribution < -0.4 is 5.32 Å². The second kappa shape index (κ2) is 4.53. The van der Waals surface area contributed by atoms with E-state index in [0.29, 0.717) is 11.7 Å². The van der Waals surface area contributed by atoms with E-state index in [2.05, 4.69) is 15.5 Å². The average molecular weight is 238 g/mol. The molecule has 0 aliphatic rings. The molecule has 0 saturated heterocycles. The highest BCUT2D eigenvalue weighted by atomic mass is 35.5. The number of hydrogen-bond donors (Lipinski definition) is 1. The summed E-state index contributed by atoms with van der Waals surface area (Å²) >= 11 is 5.79. The number of hydrogen-bond acceptors (Lipinski definition) is 4. The maximum atomic E-state index is 5.79. The standard InChI is InChI=1S/C11H12ClN3O/c1-7-9(8(2)16-15-7)6-13-11-5-3-4-10(12)14-11/h3-5H,6H2,1-2H3,(H,13,14). The van der Waals surface area contributed by atoms with Gasteiger partial charge in [0.05, 0.1) is 5.69 Å². The van der Waals surface area contributed by atoms with Crippen LogP contribution in [-0.2, 0) is 6.54 Å². The number of pyridine rings is 1. The fraction of sp³-hybridized carbons (Fsp3) is 0.273. The van der Waals surface area contributed by atoms with Crippen molar-refractivity contribution in [2.24, 2.45) is 0 Å². The Balaban J connectivity index is 2.08. The van der Waals surface area contributed by atoms with Gasteiger partial charge in [0.2, 0.25) is 0 Å². The maximum Gasteiger partial charge on any atom is 0.138 e. The number of aromatic nitrogens is 2. The molecule has 0 radical (unpaired) electrons.